The first kappa shape index (κ1) is 39.7. The second-order valence-corrected chi connectivity index (χ2v) is 24.1. The fourth-order valence-corrected chi connectivity index (χ4v) is 18.8. The van der Waals surface area contributed by atoms with Crippen LogP contribution in [0.4, 0.5) is 0 Å². The van der Waals surface area contributed by atoms with Crippen LogP contribution in [0.15, 0.2) is 0 Å². The van der Waals surface area contributed by atoms with E-state index in [4.69, 9.17) is 9.47 Å². The molecule has 3 nitrogen and oxygen atoms in total. The second kappa shape index (κ2) is 17.9. The molecule has 0 aromatic heterocycles. The molecule has 322 valence electrons. The summed E-state index contributed by atoms with van der Waals surface area (Å²) in [4.78, 5) is 3.34. The van der Waals surface area contributed by atoms with E-state index < -0.39 is 0 Å². The zero-order chi connectivity index (χ0) is 37.7. The Balaban J connectivity index is 0.727. The molecule has 0 aromatic rings. The Hall–Kier alpha value is -0.120. The molecule has 0 radical (unpaired) electrons. The Morgan fingerprint density at radius 1 is 0.246 bits per heavy atom. The van der Waals surface area contributed by atoms with Crippen molar-refractivity contribution in [2.75, 3.05) is 0 Å². The molecule has 2 saturated heterocycles. The molecule has 9 aliphatic carbocycles. The van der Waals surface area contributed by atoms with Crippen LogP contribution in [0.2, 0.25) is 0 Å². The van der Waals surface area contributed by atoms with E-state index in [1.807, 2.05) is 0 Å². The van der Waals surface area contributed by atoms with E-state index in [1.54, 1.807) is 64.2 Å². The van der Waals surface area contributed by atoms with Crippen LogP contribution in [0.3, 0.4) is 0 Å². The summed E-state index contributed by atoms with van der Waals surface area (Å²) in [5.41, 5.74) is 0. The van der Waals surface area contributed by atoms with Gasteiger partial charge in [0.05, 0.1) is 24.4 Å². The van der Waals surface area contributed by atoms with Gasteiger partial charge in [-0.1, -0.05) is 83.5 Å². The molecule has 3 heteroatoms. The van der Waals surface area contributed by atoms with E-state index in [-0.39, 0.29) is 0 Å². The molecular weight excluding hydrogens is 695 g/mol. The SMILES string of the molecule is C1CCC(C2CCC(N(C3CCC(C4CCC5OC6CCCC(C7CCC8CC(C9CCCCC9)OC8C7)C6C5C4)CC3)C3CCC4CCCCC4C3)CC2)CC1. The average molecular weight is 784 g/mol. The lowest BCUT2D eigenvalue weighted by atomic mass is 9.58. The van der Waals surface area contributed by atoms with Gasteiger partial charge >= 0.3 is 0 Å². The highest BCUT2D eigenvalue weighted by molar-refractivity contribution is 5.04. The maximum Gasteiger partial charge on any atom is 0.0613 e. The van der Waals surface area contributed by atoms with Crippen molar-refractivity contribution in [3.63, 3.8) is 0 Å². The molecule has 0 N–H and O–H groups in total. The Morgan fingerprint density at radius 2 is 0.719 bits per heavy atom. The first-order valence-corrected chi connectivity index (χ1v) is 27.3. The Morgan fingerprint density at radius 3 is 1.44 bits per heavy atom. The van der Waals surface area contributed by atoms with Gasteiger partial charge in [-0.3, -0.25) is 4.90 Å². The van der Waals surface area contributed by atoms with Gasteiger partial charge in [-0.15, -0.1) is 0 Å². The third kappa shape index (κ3) is 8.29. The van der Waals surface area contributed by atoms with E-state index in [0.717, 1.165) is 89.1 Å². The van der Waals surface area contributed by atoms with E-state index >= 15 is 0 Å². The van der Waals surface area contributed by atoms with Crippen LogP contribution in [-0.4, -0.2) is 47.4 Å². The highest BCUT2D eigenvalue weighted by atomic mass is 16.5. The van der Waals surface area contributed by atoms with Crippen LogP contribution in [-0.2, 0) is 9.47 Å². The third-order valence-corrected chi connectivity index (χ3v) is 21.5. The molecule has 11 aliphatic rings. The van der Waals surface area contributed by atoms with Crippen molar-refractivity contribution in [3.05, 3.63) is 0 Å². The van der Waals surface area contributed by atoms with Gasteiger partial charge in [0.25, 0.3) is 0 Å². The summed E-state index contributed by atoms with van der Waals surface area (Å²) >= 11 is 0. The summed E-state index contributed by atoms with van der Waals surface area (Å²) < 4.78 is 14.2. The molecule has 11 rings (SSSR count). The van der Waals surface area contributed by atoms with E-state index in [2.05, 4.69) is 4.90 Å². The first-order valence-electron chi connectivity index (χ1n) is 27.3. The maximum atomic E-state index is 7.14. The van der Waals surface area contributed by atoms with Crippen molar-refractivity contribution >= 4 is 0 Å². The van der Waals surface area contributed by atoms with E-state index in [0.29, 0.717) is 24.4 Å². The van der Waals surface area contributed by atoms with Gasteiger partial charge in [-0.2, -0.15) is 0 Å². The Kier molecular flexibility index (Phi) is 12.5. The summed E-state index contributed by atoms with van der Waals surface area (Å²) in [7, 11) is 0. The molecule has 57 heavy (non-hydrogen) atoms. The van der Waals surface area contributed by atoms with Gasteiger partial charge < -0.3 is 9.47 Å². The third-order valence-electron chi connectivity index (χ3n) is 21.5. The summed E-state index contributed by atoms with van der Waals surface area (Å²) in [6, 6.07) is 2.72. The van der Waals surface area contributed by atoms with Crippen LogP contribution in [0.1, 0.15) is 225 Å². The average Bonchev–Trinajstić information content (AvgIpc) is 3.89. The molecule has 11 fully saturated rings. The number of fused-ring (bicyclic) bond motifs is 5. The predicted octanol–water partition coefficient (Wildman–Crippen LogP) is 14.1. The molecule has 2 aliphatic heterocycles. The van der Waals surface area contributed by atoms with Crippen molar-refractivity contribution in [1.29, 1.82) is 0 Å². The number of nitrogens with zero attached hydrogens (tertiary/aromatic N) is 1. The fourth-order valence-electron chi connectivity index (χ4n) is 18.8. The van der Waals surface area contributed by atoms with Gasteiger partial charge in [-0.25, -0.2) is 0 Å². The van der Waals surface area contributed by atoms with Gasteiger partial charge in [0, 0.05) is 18.1 Å². The second-order valence-electron chi connectivity index (χ2n) is 24.1. The Labute approximate surface area is 351 Å². The zero-order valence-electron chi connectivity index (χ0n) is 37.0. The summed E-state index contributed by atoms with van der Waals surface area (Å²) in [6.45, 7) is 0. The molecule has 0 bridgehead atoms. The molecule has 9 saturated carbocycles. The van der Waals surface area contributed by atoms with Crippen molar-refractivity contribution in [3.8, 4) is 0 Å². The molecule has 0 spiro atoms. The van der Waals surface area contributed by atoms with Crippen LogP contribution >= 0.6 is 0 Å². The predicted molar refractivity (Wildman–Crippen MR) is 234 cm³/mol. The van der Waals surface area contributed by atoms with Gasteiger partial charge in [-0.05, 0) is 212 Å². The number of ether oxygens (including phenoxy) is 2. The summed E-state index contributed by atoms with van der Waals surface area (Å²) in [5, 5.41) is 0. The normalized spacial score (nSPS) is 50.2. The lowest BCUT2D eigenvalue weighted by molar-refractivity contribution is -0.0475. The monoisotopic (exact) mass is 784 g/mol. The minimum atomic E-state index is 0.589. The maximum absolute atomic E-state index is 7.14. The topological polar surface area (TPSA) is 21.7 Å². The molecule has 2 heterocycles. The van der Waals surface area contributed by atoms with Gasteiger partial charge in [0.1, 0.15) is 0 Å². The van der Waals surface area contributed by atoms with Gasteiger partial charge in [0.2, 0.25) is 0 Å². The number of hydrogen-bond donors (Lipinski definition) is 0. The fraction of sp³-hybridized carbons (Fsp3) is 1.00. The Bertz CT molecular complexity index is 1270. The number of hydrogen-bond acceptors (Lipinski definition) is 3. The zero-order valence-corrected chi connectivity index (χ0v) is 37.0. The van der Waals surface area contributed by atoms with Crippen LogP contribution in [0.25, 0.3) is 0 Å². The van der Waals surface area contributed by atoms with Crippen molar-refractivity contribution in [2.24, 2.45) is 71.0 Å². The first-order chi connectivity index (χ1) is 28.2. The quantitative estimate of drug-likeness (QED) is 0.257. The van der Waals surface area contributed by atoms with Crippen molar-refractivity contribution < 1.29 is 9.47 Å². The van der Waals surface area contributed by atoms with Gasteiger partial charge in [0.15, 0.2) is 0 Å². The molecule has 0 amide bonds. The van der Waals surface area contributed by atoms with Crippen LogP contribution < -0.4 is 0 Å². The van der Waals surface area contributed by atoms with E-state index in [9.17, 15) is 0 Å². The van der Waals surface area contributed by atoms with Crippen LogP contribution in [0, 0.1) is 71.0 Å². The standard InChI is InChI=1S/C54H89NO2/c1-3-10-36(11-4-1)38-20-26-45(27-21-38)55(47-30-24-37-12-7-8-15-41(37)32-47)46-28-22-39(23-29-46)42-25-31-50-49(33-42)54-48(16-9-17-51(54)56-50)43-18-19-44-35-52(57-53(44)34-43)40-13-5-2-6-14-40/h36-54H,1-35H2. The minimum absolute atomic E-state index is 0.589. The smallest absolute Gasteiger partial charge is 0.0613 e. The largest absolute Gasteiger partial charge is 0.374 e. The van der Waals surface area contributed by atoms with Crippen molar-refractivity contribution in [1.82, 2.24) is 4.90 Å². The minimum Gasteiger partial charge on any atom is -0.374 e. The molecule has 13 unspecified atom stereocenters. The van der Waals surface area contributed by atoms with E-state index in [1.165, 1.54) is 161 Å². The van der Waals surface area contributed by atoms with Crippen LogP contribution in [0.5, 0.6) is 0 Å². The highest BCUT2D eigenvalue weighted by Gasteiger charge is 2.55. The summed E-state index contributed by atoms with van der Waals surface area (Å²) in [5.74, 6) is 11.6. The molecule has 0 aromatic carbocycles. The number of rotatable bonds is 7. The lowest BCUT2D eigenvalue weighted by Gasteiger charge is -2.52. The molecule has 13 atom stereocenters. The lowest BCUT2D eigenvalue weighted by Crippen LogP contribution is -2.54. The highest BCUT2D eigenvalue weighted by Crippen LogP contribution is 2.58. The van der Waals surface area contributed by atoms with Crippen molar-refractivity contribution in [2.45, 2.75) is 267 Å². The summed E-state index contributed by atoms with van der Waals surface area (Å²) in [6.07, 6.45) is 55.0. The molecular formula is C54H89NO2.